The van der Waals surface area contributed by atoms with Crippen LogP contribution in [0.15, 0.2) is 48.5 Å². The first-order chi connectivity index (χ1) is 12.0. The van der Waals surface area contributed by atoms with E-state index in [1.165, 1.54) is 12.1 Å². The van der Waals surface area contributed by atoms with Gasteiger partial charge in [0.1, 0.15) is 5.82 Å². The summed E-state index contributed by atoms with van der Waals surface area (Å²) >= 11 is 0. The average molecular weight is 336 g/mol. The summed E-state index contributed by atoms with van der Waals surface area (Å²) in [5, 5.41) is 16.6. The molecule has 1 aromatic heterocycles. The Bertz CT molecular complexity index is 939. The van der Waals surface area contributed by atoms with Gasteiger partial charge >= 0.3 is 5.97 Å². The minimum atomic E-state index is -0.945. The number of nitrogens with one attached hydrogen (secondary N) is 1. The lowest BCUT2D eigenvalue weighted by Crippen LogP contribution is -2.10. The number of aromatic amines is 1. The number of H-pyrrole nitrogens is 1. The molecular formula is C20H17FN2O2. The van der Waals surface area contributed by atoms with Gasteiger partial charge in [0, 0.05) is 16.7 Å². The van der Waals surface area contributed by atoms with E-state index in [4.69, 9.17) is 5.11 Å². The molecule has 3 aromatic rings. The molecule has 2 N–H and O–H groups in total. The number of carboxylic acid groups (broad SMARTS) is 1. The second-order valence-corrected chi connectivity index (χ2v) is 6.54. The minimum Gasteiger partial charge on any atom is -0.478 e. The van der Waals surface area contributed by atoms with Gasteiger partial charge in [-0.2, -0.15) is 5.10 Å². The highest BCUT2D eigenvalue weighted by Gasteiger charge is 2.48. The molecule has 0 atom stereocenters. The Morgan fingerprint density at radius 1 is 1.12 bits per heavy atom. The van der Waals surface area contributed by atoms with Crippen molar-refractivity contribution in [3.63, 3.8) is 0 Å². The number of aromatic carboxylic acids is 1. The summed E-state index contributed by atoms with van der Waals surface area (Å²) in [7, 11) is 0. The van der Waals surface area contributed by atoms with Crippen LogP contribution in [0.3, 0.4) is 0 Å². The van der Waals surface area contributed by atoms with Crippen molar-refractivity contribution in [3.05, 3.63) is 76.7 Å². The molecule has 0 aliphatic heterocycles. The molecular weight excluding hydrogens is 319 g/mol. The van der Waals surface area contributed by atoms with Crippen LogP contribution in [0.5, 0.6) is 0 Å². The molecule has 126 valence electrons. The monoisotopic (exact) mass is 336 g/mol. The molecule has 0 unspecified atom stereocenters. The van der Waals surface area contributed by atoms with Crippen LogP contribution in [0.25, 0.3) is 11.3 Å². The Morgan fingerprint density at radius 2 is 1.76 bits per heavy atom. The summed E-state index contributed by atoms with van der Waals surface area (Å²) < 4.78 is 13.2. The van der Waals surface area contributed by atoms with Crippen molar-refractivity contribution in [2.75, 3.05) is 0 Å². The van der Waals surface area contributed by atoms with Crippen molar-refractivity contribution < 1.29 is 14.3 Å². The third-order valence-electron chi connectivity index (χ3n) is 5.04. The van der Waals surface area contributed by atoms with Crippen LogP contribution >= 0.6 is 0 Å². The van der Waals surface area contributed by atoms with E-state index < -0.39 is 5.97 Å². The first kappa shape index (κ1) is 15.6. The van der Waals surface area contributed by atoms with Crippen molar-refractivity contribution in [2.24, 2.45) is 0 Å². The van der Waals surface area contributed by atoms with Crippen LogP contribution in [0.4, 0.5) is 4.39 Å². The Hall–Kier alpha value is -2.95. The highest BCUT2D eigenvalue weighted by atomic mass is 19.1. The smallest absolute Gasteiger partial charge is 0.335 e. The van der Waals surface area contributed by atoms with Gasteiger partial charge in [0.25, 0.3) is 0 Å². The van der Waals surface area contributed by atoms with Gasteiger partial charge in [0.2, 0.25) is 0 Å². The van der Waals surface area contributed by atoms with Crippen molar-refractivity contribution in [1.29, 1.82) is 0 Å². The molecule has 5 heteroatoms. The first-order valence-electron chi connectivity index (χ1n) is 8.16. The predicted molar refractivity (Wildman–Crippen MR) is 92.1 cm³/mol. The minimum absolute atomic E-state index is 0.121. The average Bonchev–Trinajstić information content (AvgIpc) is 3.32. The second-order valence-electron chi connectivity index (χ2n) is 6.54. The molecule has 0 bridgehead atoms. The van der Waals surface area contributed by atoms with Crippen LogP contribution < -0.4 is 0 Å². The maximum atomic E-state index is 13.2. The van der Waals surface area contributed by atoms with Gasteiger partial charge in [-0.1, -0.05) is 24.3 Å². The highest BCUT2D eigenvalue weighted by molar-refractivity contribution is 5.88. The molecule has 4 rings (SSSR count). The van der Waals surface area contributed by atoms with Gasteiger partial charge < -0.3 is 5.11 Å². The Labute approximate surface area is 144 Å². The van der Waals surface area contributed by atoms with Gasteiger partial charge in [-0.3, -0.25) is 5.10 Å². The number of hydrogen-bond acceptors (Lipinski definition) is 2. The summed E-state index contributed by atoms with van der Waals surface area (Å²) in [6, 6.07) is 13.4. The molecule has 0 spiro atoms. The van der Waals surface area contributed by atoms with Crippen LogP contribution in [0, 0.1) is 12.7 Å². The van der Waals surface area contributed by atoms with Crippen molar-refractivity contribution >= 4 is 5.97 Å². The van der Waals surface area contributed by atoms with Crippen molar-refractivity contribution in [2.45, 2.75) is 25.2 Å². The zero-order valence-electron chi connectivity index (χ0n) is 13.7. The van der Waals surface area contributed by atoms with Gasteiger partial charge in [-0.25, -0.2) is 9.18 Å². The predicted octanol–water partition coefficient (Wildman–Crippen LogP) is 4.30. The van der Waals surface area contributed by atoms with Crippen molar-refractivity contribution in [1.82, 2.24) is 10.2 Å². The summed E-state index contributed by atoms with van der Waals surface area (Å²) in [6.07, 6.45) is 2.00. The van der Waals surface area contributed by atoms with E-state index in [0.29, 0.717) is 0 Å². The molecule has 1 heterocycles. The molecule has 0 amide bonds. The van der Waals surface area contributed by atoms with E-state index in [1.54, 1.807) is 24.3 Å². The van der Waals surface area contributed by atoms with Gasteiger partial charge in [-0.05, 0) is 55.2 Å². The van der Waals surface area contributed by atoms with E-state index in [0.717, 1.165) is 40.9 Å². The number of halogens is 1. The number of carboxylic acids is 1. The highest BCUT2D eigenvalue weighted by Crippen LogP contribution is 2.54. The zero-order valence-corrected chi connectivity index (χ0v) is 13.7. The lowest BCUT2D eigenvalue weighted by molar-refractivity contribution is 0.0697. The second kappa shape index (κ2) is 5.55. The number of aromatic nitrogens is 2. The first-order valence-corrected chi connectivity index (χ1v) is 8.16. The van der Waals surface area contributed by atoms with E-state index >= 15 is 0 Å². The molecule has 1 aliphatic rings. The van der Waals surface area contributed by atoms with Crippen LogP contribution in [-0.2, 0) is 5.41 Å². The largest absolute Gasteiger partial charge is 0.478 e. The van der Waals surface area contributed by atoms with Crippen molar-refractivity contribution in [3.8, 4) is 11.3 Å². The fraction of sp³-hybridized carbons (Fsp3) is 0.200. The SMILES string of the molecule is Cc1c(-c2ccc(C(=O)O)cc2)n[nH]c1C1(c2ccc(F)cc2)CC1. The molecule has 2 aromatic carbocycles. The van der Waals surface area contributed by atoms with E-state index in [9.17, 15) is 9.18 Å². The molecule has 1 fully saturated rings. The fourth-order valence-electron chi connectivity index (χ4n) is 3.49. The zero-order chi connectivity index (χ0) is 17.6. The number of nitrogens with zero attached hydrogens (tertiary/aromatic N) is 1. The third-order valence-corrected chi connectivity index (χ3v) is 5.04. The molecule has 25 heavy (non-hydrogen) atoms. The third kappa shape index (κ3) is 2.52. The maximum absolute atomic E-state index is 13.2. The lowest BCUT2D eigenvalue weighted by Gasteiger charge is -2.15. The van der Waals surface area contributed by atoms with Gasteiger partial charge in [0.05, 0.1) is 11.3 Å². The quantitative estimate of drug-likeness (QED) is 0.746. The fourth-order valence-corrected chi connectivity index (χ4v) is 3.49. The Balaban J connectivity index is 1.72. The number of rotatable bonds is 4. The Kier molecular flexibility index (Phi) is 3.46. The normalized spacial score (nSPS) is 15.1. The van der Waals surface area contributed by atoms with Crippen LogP contribution in [0.1, 0.15) is 40.0 Å². The molecule has 4 nitrogen and oxygen atoms in total. The van der Waals surface area contributed by atoms with E-state index in [-0.39, 0.29) is 16.8 Å². The topological polar surface area (TPSA) is 66.0 Å². The molecule has 0 saturated heterocycles. The van der Waals surface area contributed by atoms with E-state index in [2.05, 4.69) is 10.2 Å². The van der Waals surface area contributed by atoms with Gasteiger partial charge in [-0.15, -0.1) is 0 Å². The number of hydrogen-bond donors (Lipinski definition) is 2. The lowest BCUT2D eigenvalue weighted by atomic mass is 9.89. The summed E-state index contributed by atoms with van der Waals surface area (Å²) in [5.74, 6) is -1.18. The van der Waals surface area contributed by atoms with Crippen LogP contribution in [-0.4, -0.2) is 21.3 Å². The van der Waals surface area contributed by atoms with E-state index in [1.807, 2.05) is 19.1 Å². The Morgan fingerprint density at radius 3 is 2.32 bits per heavy atom. The molecule has 1 aliphatic carbocycles. The maximum Gasteiger partial charge on any atom is 0.335 e. The summed E-state index contributed by atoms with van der Waals surface area (Å²) in [4.78, 5) is 11.0. The number of carbonyl (C=O) groups is 1. The summed E-state index contributed by atoms with van der Waals surface area (Å²) in [5.41, 5.74) is 5.02. The molecule has 0 radical (unpaired) electrons. The number of benzene rings is 2. The summed E-state index contributed by atoms with van der Waals surface area (Å²) in [6.45, 7) is 2.02. The molecule has 1 saturated carbocycles. The standard InChI is InChI=1S/C20H17FN2O2/c1-12-17(13-2-4-14(5-3-13)19(24)25)22-23-18(12)20(10-11-20)15-6-8-16(21)9-7-15/h2-9H,10-11H2,1H3,(H,22,23)(H,24,25). The van der Waals surface area contributed by atoms with Gasteiger partial charge in [0.15, 0.2) is 0 Å². The van der Waals surface area contributed by atoms with Crippen LogP contribution in [0.2, 0.25) is 0 Å².